The minimum Gasteiger partial charge on any atom is -0.0887 e. The fourth-order valence-corrected chi connectivity index (χ4v) is 2.97. The molecule has 0 saturated heterocycles. The molecule has 2 aromatic carbocycles. The van der Waals surface area contributed by atoms with Crippen LogP contribution in [0.4, 0.5) is 0 Å². The SMILES string of the molecule is Clc1ccc(CC(Br)CCCc2ccccc2)cc1. The van der Waals surface area contributed by atoms with E-state index in [1.807, 2.05) is 12.1 Å². The van der Waals surface area contributed by atoms with Crippen LogP contribution in [0.5, 0.6) is 0 Å². The summed E-state index contributed by atoms with van der Waals surface area (Å²) in [6.45, 7) is 0. The third kappa shape index (κ3) is 5.38. The Labute approximate surface area is 128 Å². The van der Waals surface area contributed by atoms with Crippen molar-refractivity contribution in [3.05, 3.63) is 70.7 Å². The van der Waals surface area contributed by atoms with Crippen molar-refractivity contribution in [2.75, 3.05) is 0 Å². The van der Waals surface area contributed by atoms with E-state index in [9.17, 15) is 0 Å². The summed E-state index contributed by atoms with van der Waals surface area (Å²) < 4.78 is 0. The zero-order valence-corrected chi connectivity index (χ0v) is 13.2. The van der Waals surface area contributed by atoms with Gasteiger partial charge in [0.1, 0.15) is 0 Å². The fraction of sp³-hybridized carbons (Fsp3) is 0.294. The van der Waals surface area contributed by atoms with Crippen LogP contribution in [0.1, 0.15) is 24.0 Å². The van der Waals surface area contributed by atoms with Crippen LogP contribution in [0.15, 0.2) is 54.6 Å². The van der Waals surface area contributed by atoms with Crippen molar-refractivity contribution in [3.63, 3.8) is 0 Å². The third-order valence-electron chi connectivity index (χ3n) is 3.20. The average molecular weight is 338 g/mol. The van der Waals surface area contributed by atoms with Gasteiger partial charge in [-0.1, -0.05) is 70.0 Å². The van der Waals surface area contributed by atoms with Crippen LogP contribution < -0.4 is 0 Å². The summed E-state index contributed by atoms with van der Waals surface area (Å²) in [4.78, 5) is 0.539. The Bertz CT molecular complexity index is 478. The van der Waals surface area contributed by atoms with Gasteiger partial charge >= 0.3 is 0 Å². The number of benzene rings is 2. The second-order valence-corrected chi connectivity index (χ2v) is 6.54. The van der Waals surface area contributed by atoms with Crippen molar-refractivity contribution in [2.45, 2.75) is 30.5 Å². The summed E-state index contributed by atoms with van der Waals surface area (Å²) in [7, 11) is 0. The second kappa shape index (κ2) is 7.72. The van der Waals surface area contributed by atoms with Crippen molar-refractivity contribution in [2.24, 2.45) is 0 Å². The van der Waals surface area contributed by atoms with E-state index in [0.717, 1.165) is 17.9 Å². The van der Waals surface area contributed by atoms with Crippen LogP contribution >= 0.6 is 27.5 Å². The molecule has 0 fully saturated rings. The quantitative estimate of drug-likeness (QED) is 0.596. The summed E-state index contributed by atoms with van der Waals surface area (Å²) in [5.74, 6) is 0. The Balaban J connectivity index is 1.73. The van der Waals surface area contributed by atoms with Crippen molar-refractivity contribution in [1.82, 2.24) is 0 Å². The van der Waals surface area contributed by atoms with Crippen LogP contribution in [0.25, 0.3) is 0 Å². The minimum atomic E-state index is 0.539. The maximum absolute atomic E-state index is 5.89. The summed E-state index contributed by atoms with van der Waals surface area (Å²) in [5.41, 5.74) is 2.76. The van der Waals surface area contributed by atoms with Gasteiger partial charge in [0.15, 0.2) is 0 Å². The smallest absolute Gasteiger partial charge is 0.0406 e. The van der Waals surface area contributed by atoms with E-state index in [2.05, 4.69) is 58.4 Å². The van der Waals surface area contributed by atoms with Gasteiger partial charge in [-0.05, 0) is 48.9 Å². The van der Waals surface area contributed by atoms with E-state index in [1.54, 1.807) is 0 Å². The average Bonchev–Trinajstić information content (AvgIpc) is 2.43. The monoisotopic (exact) mass is 336 g/mol. The molecule has 100 valence electrons. The molecule has 1 unspecified atom stereocenters. The van der Waals surface area contributed by atoms with E-state index in [0.29, 0.717) is 4.83 Å². The highest BCUT2D eigenvalue weighted by atomic mass is 79.9. The van der Waals surface area contributed by atoms with Crippen LogP contribution in [0, 0.1) is 0 Å². The van der Waals surface area contributed by atoms with Gasteiger partial charge in [-0.2, -0.15) is 0 Å². The first-order valence-corrected chi connectivity index (χ1v) is 7.96. The lowest BCUT2D eigenvalue weighted by atomic mass is 10.0. The summed E-state index contributed by atoms with van der Waals surface area (Å²) in [5, 5.41) is 0.805. The molecule has 2 aromatic rings. The molecule has 0 amide bonds. The number of hydrogen-bond donors (Lipinski definition) is 0. The molecule has 0 nitrogen and oxygen atoms in total. The lowest BCUT2D eigenvalue weighted by Crippen LogP contribution is -2.03. The predicted octanol–water partition coefficient (Wildman–Crippen LogP) is 5.67. The molecule has 0 aliphatic rings. The lowest BCUT2D eigenvalue weighted by Gasteiger charge is -2.10. The van der Waals surface area contributed by atoms with Gasteiger partial charge in [0.25, 0.3) is 0 Å². The van der Waals surface area contributed by atoms with Gasteiger partial charge < -0.3 is 0 Å². The van der Waals surface area contributed by atoms with E-state index in [-0.39, 0.29) is 0 Å². The van der Waals surface area contributed by atoms with Crippen molar-refractivity contribution in [3.8, 4) is 0 Å². The highest BCUT2D eigenvalue weighted by molar-refractivity contribution is 9.09. The van der Waals surface area contributed by atoms with Crippen LogP contribution in [0.2, 0.25) is 5.02 Å². The maximum Gasteiger partial charge on any atom is 0.0406 e. The molecular weight excluding hydrogens is 320 g/mol. The van der Waals surface area contributed by atoms with Crippen molar-refractivity contribution >= 4 is 27.5 Å². The molecule has 0 aliphatic carbocycles. The number of hydrogen-bond acceptors (Lipinski definition) is 0. The van der Waals surface area contributed by atoms with Gasteiger partial charge in [-0.25, -0.2) is 0 Å². The Kier molecular flexibility index (Phi) is 5.93. The zero-order valence-electron chi connectivity index (χ0n) is 10.9. The predicted molar refractivity (Wildman–Crippen MR) is 87.3 cm³/mol. The first kappa shape index (κ1) is 14.6. The second-order valence-electron chi connectivity index (χ2n) is 4.81. The van der Waals surface area contributed by atoms with Gasteiger partial charge in [0.05, 0.1) is 0 Å². The molecule has 1 atom stereocenters. The first-order chi connectivity index (χ1) is 9.24. The van der Waals surface area contributed by atoms with Crippen LogP contribution in [-0.4, -0.2) is 4.83 Å². The topological polar surface area (TPSA) is 0 Å². The molecule has 19 heavy (non-hydrogen) atoms. The van der Waals surface area contributed by atoms with E-state index in [4.69, 9.17) is 11.6 Å². The number of alkyl halides is 1. The molecule has 0 aromatic heterocycles. The zero-order chi connectivity index (χ0) is 13.5. The molecule has 0 N–H and O–H groups in total. The Morgan fingerprint density at radius 2 is 1.58 bits per heavy atom. The lowest BCUT2D eigenvalue weighted by molar-refractivity contribution is 0.701. The van der Waals surface area contributed by atoms with Gasteiger partial charge in [-0.15, -0.1) is 0 Å². The fourth-order valence-electron chi connectivity index (χ4n) is 2.15. The maximum atomic E-state index is 5.89. The van der Waals surface area contributed by atoms with E-state index in [1.165, 1.54) is 24.0 Å². The Hall–Kier alpha value is -0.790. The van der Waals surface area contributed by atoms with Crippen LogP contribution in [-0.2, 0) is 12.8 Å². The number of halogens is 2. The molecule has 0 spiro atoms. The van der Waals surface area contributed by atoms with Crippen molar-refractivity contribution in [1.29, 1.82) is 0 Å². The Morgan fingerprint density at radius 1 is 0.895 bits per heavy atom. The minimum absolute atomic E-state index is 0.539. The number of aryl methyl sites for hydroxylation is 1. The Morgan fingerprint density at radius 3 is 2.26 bits per heavy atom. The molecule has 0 bridgehead atoms. The molecule has 2 rings (SSSR count). The third-order valence-corrected chi connectivity index (χ3v) is 4.23. The van der Waals surface area contributed by atoms with E-state index >= 15 is 0 Å². The largest absolute Gasteiger partial charge is 0.0887 e. The summed E-state index contributed by atoms with van der Waals surface area (Å²) in [6, 6.07) is 18.8. The van der Waals surface area contributed by atoms with Gasteiger partial charge in [0.2, 0.25) is 0 Å². The molecular formula is C17H18BrCl. The van der Waals surface area contributed by atoms with Crippen molar-refractivity contribution < 1.29 is 0 Å². The molecule has 0 saturated carbocycles. The molecule has 0 radical (unpaired) electrons. The van der Waals surface area contributed by atoms with Gasteiger partial charge in [0, 0.05) is 9.85 Å². The summed E-state index contributed by atoms with van der Waals surface area (Å²) >= 11 is 9.66. The summed E-state index contributed by atoms with van der Waals surface area (Å²) in [6.07, 6.45) is 4.63. The van der Waals surface area contributed by atoms with Gasteiger partial charge in [-0.3, -0.25) is 0 Å². The normalized spacial score (nSPS) is 12.3. The highest BCUT2D eigenvalue weighted by Gasteiger charge is 2.05. The first-order valence-electron chi connectivity index (χ1n) is 6.66. The highest BCUT2D eigenvalue weighted by Crippen LogP contribution is 2.18. The number of rotatable bonds is 6. The van der Waals surface area contributed by atoms with Crippen LogP contribution in [0.3, 0.4) is 0 Å². The standard InChI is InChI=1S/C17H18BrCl/c18-16(13-15-9-11-17(19)12-10-15)8-4-7-14-5-2-1-3-6-14/h1-3,5-6,9-12,16H,4,7-8,13H2. The van der Waals surface area contributed by atoms with E-state index < -0.39 is 0 Å². The molecule has 2 heteroatoms. The molecule has 0 heterocycles. The molecule has 0 aliphatic heterocycles.